The Morgan fingerprint density at radius 1 is 0.759 bits per heavy atom. The average Bonchev–Trinajstić information content (AvgIpc) is 4.02. The molecule has 9 rings (SSSR count). The van der Waals surface area contributed by atoms with Crippen LogP contribution in [0.2, 0.25) is 0 Å². The molecule has 0 aliphatic carbocycles. The molecule has 0 radical (unpaired) electrons. The number of alkyl halides is 3. The van der Waals surface area contributed by atoms with Gasteiger partial charge in [0.2, 0.25) is 0 Å². The van der Waals surface area contributed by atoms with Gasteiger partial charge in [0.15, 0.2) is 0 Å². The van der Waals surface area contributed by atoms with E-state index in [0.29, 0.717) is 17.2 Å². The van der Waals surface area contributed by atoms with Crippen molar-refractivity contribution in [1.29, 1.82) is 0 Å². The molecule has 0 fully saturated rings. The quantitative estimate of drug-likeness (QED) is 0.164. The van der Waals surface area contributed by atoms with Crippen LogP contribution >= 0.6 is 38.5 Å². The molecule has 0 aliphatic rings. The number of halogens is 5. The summed E-state index contributed by atoms with van der Waals surface area (Å²) in [6.45, 7) is 6.11. The first-order valence-electron chi connectivity index (χ1n) is 17.4. The van der Waals surface area contributed by atoms with Crippen LogP contribution in [0.15, 0.2) is 109 Å². The summed E-state index contributed by atoms with van der Waals surface area (Å²) in [5, 5.41) is 12.9. The summed E-state index contributed by atoms with van der Waals surface area (Å²) in [6, 6.07) is 17.6. The van der Waals surface area contributed by atoms with E-state index in [-0.39, 0.29) is 0 Å². The van der Waals surface area contributed by atoms with Crippen LogP contribution in [0.3, 0.4) is 0 Å². The molecule has 20 heteroatoms. The van der Waals surface area contributed by atoms with E-state index in [4.69, 9.17) is 0 Å². The number of aryl methyl sites for hydroxylation is 4. The number of hydrogen-bond donors (Lipinski definition) is 2. The number of pyridine rings is 3. The monoisotopic (exact) mass is 964 g/mol. The predicted molar refractivity (Wildman–Crippen MR) is 223 cm³/mol. The minimum absolute atomic E-state index is 0.359. The van der Waals surface area contributed by atoms with Gasteiger partial charge in [-0.3, -0.25) is 8.80 Å². The van der Waals surface area contributed by atoms with E-state index in [1.165, 1.54) is 0 Å². The van der Waals surface area contributed by atoms with Crippen LogP contribution in [-0.2, 0) is 0 Å². The summed E-state index contributed by atoms with van der Waals surface area (Å²) in [4.78, 5) is 33.2. The minimum Gasteiger partial charge on any atom is -0.329 e. The van der Waals surface area contributed by atoms with Crippen LogP contribution in [0.1, 0.15) is 23.3 Å². The van der Waals surface area contributed by atoms with Gasteiger partial charge in [-0.1, -0.05) is 28.1 Å². The molecule has 1 aromatic carbocycles. The molecule has 0 saturated carbocycles. The average molecular weight is 966 g/mol. The number of anilines is 1. The lowest BCUT2D eigenvalue weighted by Crippen LogP contribution is -2.36. The summed E-state index contributed by atoms with van der Waals surface area (Å²) in [6.07, 6.45) is 8.56. The zero-order valence-corrected chi connectivity index (χ0v) is 34.9. The third-order valence-corrected chi connectivity index (χ3v) is 9.70. The fourth-order valence-corrected chi connectivity index (χ4v) is 6.78. The molecule has 0 unspecified atom stereocenters. The molecular formula is C38H33BrF3IN14O. The first-order chi connectivity index (χ1) is 27.7. The van der Waals surface area contributed by atoms with Gasteiger partial charge in [-0.25, -0.2) is 39.1 Å². The SMILES string of the molecule is Brc1ccn2ccnc2c1.Cc1nc(C)n(-c2ccn3c(-c4cccc(NC(=O)NCC(F)(F)F)c4)cnc3c2)n1.Cc1nc(C)n(-c2ccn3c(I)cnc3c2)n1. The van der Waals surface area contributed by atoms with Crippen LogP contribution in [0.4, 0.5) is 23.7 Å². The van der Waals surface area contributed by atoms with Crippen molar-refractivity contribution < 1.29 is 18.0 Å². The number of imidazole rings is 3. The normalized spacial score (nSPS) is 11.3. The Bertz CT molecular complexity index is 2890. The van der Waals surface area contributed by atoms with Gasteiger partial charge in [-0.05, 0) is 86.7 Å². The molecule has 0 bridgehead atoms. The second-order valence-corrected chi connectivity index (χ2v) is 14.7. The number of aromatic nitrogens is 12. The van der Waals surface area contributed by atoms with Crippen LogP contribution in [0.5, 0.6) is 0 Å². The number of amides is 2. The largest absolute Gasteiger partial charge is 0.405 e. The van der Waals surface area contributed by atoms with Gasteiger partial charge in [-0.15, -0.1) is 0 Å². The highest BCUT2D eigenvalue weighted by molar-refractivity contribution is 14.1. The highest BCUT2D eigenvalue weighted by Gasteiger charge is 2.27. The topological polar surface area (TPSA) is 154 Å². The van der Waals surface area contributed by atoms with Crippen molar-refractivity contribution in [3.63, 3.8) is 0 Å². The third kappa shape index (κ3) is 9.34. The first kappa shape index (κ1) is 40.1. The van der Waals surface area contributed by atoms with E-state index in [1.807, 2.05) is 119 Å². The van der Waals surface area contributed by atoms with Crippen molar-refractivity contribution in [3.8, 4) is 22.6 Å². The van der Waals surface area contributed by atoms with E-state index in [2.05, 4.69) is 79.0 Å². The molecule has 0 saturated heterocycles. The number of carbonyl (C=O) groups is 1. The van der Waals surface area contributed by atoms with E-state index in [0.717, 1.165) is 59.6 Å². The molecule has 296 valence electrons. The lowest BCUT2D eigenvalue weighted by molar-refractivity contribution is -0.122. The van der Waals surface area contributed by atoms with Crippen molar-refractivity contribution >= 4 is 67.2 Å². The molecular weight excluding hydrogens is 932 g/mol. The smallest absolute Gasteiger partial charge is 0.329 e. The van der Waals surface area contributed by atoms with Crippen LogP contribution in [-0.4, -0.2) is 76.4 Å². The predicted octanol–water partition coefficient (Wildman–Crippen LogP) is 8.12. The van der Waals surface area contributed by atoms with Gasteiger partial charge in [0.1, 0.15) is 50.5 Å². The first-order valence-corrected chi connectivity index (χ1v) is 19.3. The Balaban J connectivity index is 0.000000156. The van der Waals surface area contributed by atoms with Gasteiger partial charge in [-0.2, -0.15) is 23.4 Å². The number of carbonyl (C=O) groups excluding carboxylic acids is 1. The fraction of sp³-hybridized carbons (Fsp3) is 0.158. The van der Waals surface area contributed by atoms with Crippen molar-refractivity contribution in [3.05, 3.63) is 136 Å². The third-order valence-electron chi connectivity index (χ3n) is 8.41. The standard InChI is InChI=1S/C20H18F3N7O.C11H10IN5.C7H5BrN2/c1-12-26-13(2)30(28-12)16-6-7-29-17(10-24-18(29)9-16)14-4-3-5-15(8-14)27-19(31)25-11-20(21,22)23;1-7-14-8(2)17(15-7)9-3-4-16-10(12)6-13-11(16)5-9;8-6-1-3-10-4-2-9-7(10)5-6/h3-10H,11H2,1-2H3,(H2,25,27,31);3-6H,1-2H3;1-5H. The Labute approximate surface area is 350 Å². The molecule has 58 heavy (non-hydrogen) atoms. The van der Waals surface area contributed by atoms with Crippen LogP contribution < -0.4 is 10.6 Å². The molecule has 8 aromatic heterocycles. The van der Waals surface area contributed by atoms with Crippen molar-refractivity contribution in [2.45, 2.75) is 33.9 Å². The van der Waals surface area contributed by atoms with Gasteiger partial charge < -0.3 is 15.0 Å². The Kier molecular flexibility index (Phi) is 11.6. The number of nitrogens with zero attached hydrogens (tertiary/aromatic N) is 12. The minimum atomic E-state index is -4.47. The van der Waals surface area contributed by atoms with Crippen LogP contribution in [0.25, 0.3) is 39.6 Å². The summed E-state index contributed by atoms with van der Waals surface area (Å²) in [5.74, 6) is 3.09. The maximum atomic E-state index is 12.3. The van der Waals surface area contributed by atoms with Crippen molar-refractivity contribution in [2.75, 3.05) is 11.9 Å². The Morgan fingerprint density at radius 2 is 1.40 bits per heavy atom. The summed E-state index contributed by atoms with van der Waals surface area (Å²) < 4.78 is 48.3. The Morgan fingerprint density at radius 3 is 2.03 bits per heavy atom. The number of rotatable bonds is 5. The maximum absolute atomic E-state index is 12.3. The van der Waals surface area contributed by atoms with E-state index >= 15 is 0 Å². The van der Waals surface area contributed by atoms with Crippen molar-refractivity contribution in [2.24, 2.45) is 0 Å². The molecule has 15 nitrogen and oxygen atoms in total. The number of benzene rings is 1. The van der Waals surface area contributed by atoms with Crippen LogP contribution in [0, 0.1) is 31.4 Å². The van der Waals surface area contributed by atoms with Gasteiger partial charge in [0.05, 0.1) is 29.5 Å². The highest BCUT2D eigenvalue weighted by Crippen LogP contribution is 2.25. The Hall–Kier alpha value is -6.16. The molecule has 0 aliphatic heterocycles. The van der Waals surface area contributed by atoms with Gasteiger partial charge >= 0.3 is 12.2 Å². The van der Waals surface area contributed by atoms with E-state index in [9.17, 15) is 18.0 Å². The number of fused-ring (bicyclic) bond motifs is 3. The van der Waals surface area contributed by atoms with Gasteiger partial charge in [0, 0.05) is 58.8 Å². The van der Waals surface area contributed by atoms with Crippen molar-refractivity contribution in [1.82, 2.24) is 63.0 Å². The number of nitrogens with one attached hydrogen (secondary N) is 2. The zero-order valence-electron chi connectivity index (χ0n) is 31.2. The van der Waals surface area contributed by atoms with E-state index < -0.39 is 18.8 Å². The molecule has 0 atom stereocenters. The summed E-state index contributed by atoms with van der Waals surface area (Å²) in [7, 11) is 0. The molecule has 2 N–H and O–H groups in total. The lowest BCUT2D eigenvalue weighted by Gasteiger charge is -2.11. The molecule has 2 amide bonds. The number of urea groups is 1. The molecule has 8 heterocycles. The summed E-state index contributed by atoms with van der Waals surface area (Å²) >= 11 is 5.62. The highest BCUT2D eigenvalue weighted by atomic mass is 127. The second-order valence-electron chi connectivity index (χ2n) is 12.7. The fourth-order valence-electron chi connectivity index (χ4n) is 5.91. The van der Waals surface area contributed by atoms with Gasteiger partial charge in [0.25, 0.3) is 0 Å². The molecule has 0 spiro atoms. The maximum Gasteiger partial charge on any atom is 0.405 e. The zero-order chi connectivity index (χ0) is 41.1. The summed E-state index contributed by atoms with van der Waals surface area (Å²) in [5.41, 5.74) is 6.22. The lowest BCUT2D eigenvalue weighted by atomic mass is 10.1. The number of hydrogen-bond acceptors (Lipinski definition) is 8. The van der Waals surface area contributed by atoms with E-state index in [1.54, 1.807) is 40.6 Å². The molecule has 9 aromatic rings. The second kappa shape index (κ2) is 16.7.